The van der Waals surface area contributed by atoms with Crippen LogP contribution in [0.15, 0.2) is 42.5 Å². The molecule has 2 aromatic carbocycles. The molecule has 0 fully saturated rings. The van der Waals surface area contributed by atoms with Gasteiger partial charge in [-0.15, -0.1) is 0 Å². The van der Waals surface area contributed by atoms with Crippen LogP contribution in [-0.2, 0) is 0 Å². The Bertz CT molecular complexity index is 838. The van der Waals surface area contributed by atoms with Gasteiger partial charge < -0.3 is 9.84 Å². The number of rotatable bonds is 3. The molecule has 1 heterocycles. The summed E-state index contributed by atoms with van der Waals surface area (Å²) in [5.41, 5.74) is 1.39. The number of phenols is 1. The average molecular weight is 347 g/mol. The van der Waals surface area contributed by atoms with E-state index in [1.54, 1.807) is 48.6 Å². The molecule has 3 nitrogen and oxygen atoms in total. The molecule has 1 aliphatic rings. The van der Waals surface area contributed by atoms with Gasteiger partial charge in [-0.3, -0.25) is 4.79 Å². The molecule has 0 atom stereocenters. The molecule has 0 radical (unpaired) electrons. The van der Waals surface area contributed by atoms with Crippen LogP contribution in [0.2, 0.25) is 10.0 Å². The summed E-state index contributed by atoms with van der Waals surface area (Å²) < 4.78 is 5.39. The standard InChI is InChI=1S/C18H12Cl2O3/c19-12-5-3-11(15(20)10-12)4-7-16(21)13-6-8-17-14(18(13)22)2-1-9-23-17/h1-8,10,22H,9H2/b7-4+. The number of carbonyl (C=O) groups is 1. The van der Waals surface area contributed by atoms with Gasteiger partial charge in [0, 0.05) is 10.0 Å². The largest absolute Gasteiger partial charge is 0.506 e. The minimum absolute atomic E-state index is 0.0877. The number of hydrogen-bond donors (Lipinski definition) is 1. The first kappa shape index (κ1) is 15.7. The lowest BCUT2D eigenvalue weighted by Crippen LogP contribution is -2.03. The molecule has 0 bridgehead atoms. The molecular formula is C18H12Cl2O3. The second kappa shape index (κ2) is 6.49. The number of hydrogen-bond acceptors (Lipinski definition) is 3. The van der Waals surface area contributed by atoms with E-state index in [2.05, 4.69) is 0 Å². The highest BCUT2D eigenvalue weighted by atomic mass is 35.5. The molecule has 23 heavy (non-hydrogen) atoms. The number of aromatic hydroxyl groups is 1. The summed E-state index contributed by atoms with van der Waals surface area (Å²) in [7, 11) is 0. The van der Waals surface area contributed by atoms with E-state index < -0.39 is 0 Å². The van der Waals surface area contributed by atoms with Gasteiger partial charge in [-0.05, 0) is 54.1 Å². The van der Waals surface area contributed by atoms with Crippen LogP contribution in [0.4, 0.5) is 0 Å². The number of phenolic OH excluding ortho intramolecular Hbond substituents is 1. The number of ether oxygens (including phenoxy) is 1. The quantitative estimate of drug-likeness (QED) is 0.628. The molecule has 0 aromatic heterocycles. The van der Waals surface area contributed by atoms with E-state index in [1.165, 1.54) is 6.08 Å². The molecule has 0 aliphatic carbocycles. The lowest BCUT2D eigenvalue weighted by Gasteiger charge is -2.14. The number of carbonyl (C=O) groups excluding carboxylic acids is 1. The lowest BCUT2D eigenvalue weighted by atomic mass is 10.0. The molecule has 0 saturated carbocycles. The molecular weight excluding hydrogens is 335 g/mol. The van der Waals surface area contributed by atoms with Gasteiger partial charge >= 0.3 is 0 Å². The maximum Gasteiger partial charge on any atom is 0.189 e. The molecule has 0 spiro atoms. The lowest BCUT2D eigenvalue weighted by molar-refractivity contribution is 0.104. The fourth-order valence-corrected chi connectivity index (χ4v) is 2.74. The summed E-state index contributed by atoms with van der Waals surface area (Å²) in [6.45, 7) is 0.453. The van der Waals surface area contributed by atoms with Gasteiger partial charge in [0.2, 0.25) is 0 Å². The van der Waals surface area contributed by atoms with Crippen molar-refractivity contribution in [2.45, 2.75) is 0 Å². The first-order chi connectivity index (χ1) is 11.1. The molecule has 116 valence electrons. The van der Waals surface area contributed by atoms with E-state index >= 15 is 0 Å². The van der Waals surface area contributed by atoms with Crippen LogP contribution in [0.5, 0.6) is 11.5 Å². The number of halogens is 2. The number of allylic oxidation sites excluding steroid dienone is 1. The monoisotopic (exact) mass is 346 g/mol. The second-order valence-corrected chi connectivity index (χ2v) is 5.79. The normalized spacial score (nSPS) is 13.0. The maximum atomic E-state index is 12.3. The Morgan fingerprint density at radius 2 is 2.04 bits per heavy atom. The van der Waals surface area contributed by atoms with E-state index in [1.807, 2.05) is 0 Å². The minimum atomic E-state index is -0.324. The van der Waals surface area contributed by atoms with Crippen LogP contribution in [0, 0.1) is 0 Å². The Balaban J connectivity index is 1.89. The zero-order valence-electron chi connectivity index (χ0n) is 11.9. The zero-order valence-corrected chi connectivity index (χ0v) is 13.4. The van der Waals surface area contributed by atoms with E-state index in [0.717, 1.165) is 0 Å². The van der Waals surface area contributed by atoms with Gasteiger partial charge in [0.05, 0.1) is 11.1 Å². The fraction of sp³-hybridized carbons (Fsp3) is 0.0556. The molecule has 0 amide bonds. The Kier molecular flexibility index (Phi) is 4.42. The smallest absolute Gasteiger partial charge is 0.189 e. The molecule has 3 rings (SSSR count). The highest BCUT2D eigenvalue weighted by Gasteiger charge is 2.17. The Labute approximate surface area is 143 Å². The Morgan fingerprint density at radius 1 is 1.22 bits per heavy atom. The van der Waals surface area contributed by atoms with Crippen molar-refractivity contribution in [3.05, 3.63) is 69.2 Å². The topological polar surface area (TPSA) is 46.5 Å². The van der Waals surface area contributed by atoms with Crippen molar-refractivity contribution < 1.29 is 14.6 Å². The second-order valence-electron chi connectivity index (χ2n) is 4.95. The first-order valence-electron chi connectivity index (χ1n) is 6.89. The molecule has 1 aliphatic heterocycles. The highest BCUT2D eigenvalue weighted by molar-refractivity contribution is 6.35. The predicted octanol–water partition coefficient (Wildman–Crippen LogP) is 5.00. The van der Waals surface area contributed by atoms with Crippen molar-refractivity contribution in [1.29, 1.82) is 0 Å². The van der Waals surface area contributed by atoms with Crippen molar-refractivity contribution in [3.8, 4) is 11.5 Å². The maximum absolute atomic E-state index is 12.3. The SMILES string of the molecule is O=C(/C=C/c1ccc(Cl)cc1Cl)c1ccc2c(c1O)C=CCO2. The molecule has 2 aromatic rings. The van der Waals surface area contributed by atoms with Gasteiger partial charge in [0.15, 0.2) is 5.78 Å². The third kappa shape index (κ3) is 3.26. The fourth-order valence-electron chi connectivity index (χ4n) is 2.27. The average Bonchev–Trinajstić information content (AvgIpc) is 2.54. The summed E-state index contributed by atoms with van der Waals surface area (Å²) in [6.07, 6.45) is 6.47. The van der Waals surface area contributed by atoms with E-state index in [-0.39, 0.29) is 17.1 Å². The molecule has 1 N–H and O–H groups in total. The number of fused-ring (bicyclic) bond motifs is 1. The first-order valence-corrected chi connectivity index (χ1v) is 7.64. The summed E-state index contributed by atoms with van der Waals surface area (Å²) >= 11 is 11.9. The zero-order chi connectivity index (χ0) is 16.4. The van der Waals surface area contributed by atoms with E-state index in [0.29, 0.717) is 33.5 Å². The van der Waals surface area contributed by atoms with Crippen LogP contribution in [0.25, 0.3) is 12.2 Å². The molecule has 5 heteroatoms. The van der Waals surface area contributed by atoms with Gasteiger partial charge in [0.25, 0.3) is 0 Å². The van der Waals surface area contributed by atoms with Crippen LogP contribution in [-0.4, -0.2) is 17.5 Å². The summed E-state index contributed by atoms with van der Waals surface area (Å²) in [6, 6.07) is 8.23. The van der Waals surface area contributed by atoms with E-state index in [9.17, 15) is 9.90 Å². The van der Waals surface area contributed by atoms with Crippen LogP contribution in [0.1, 0.15) is 21.5 Å². The van der Waals surface area contributed by atoms with Crippen molar-refractivity contribution in [1.82, 2.24) is 0 Å². The van der Waals surface area contributed by atoms with E-state index in [4.69, 9.17) is 27.9 Å². The molecule has 0 unspecified atom stereocenters. The highest BCUT2D eigenvalue weighted by Crippen LogP contribution is 2.35. The summed E-state index contributed by atoms with van der Waals surface area (Å²) in [5, 5.41) is 11.2. The number of ketones is 1. The molecule has 0 saturated heterocycles. The summed E-state index contributed by atoms with van der Waals surface area (Å²) in [5.74, 6) is 0.150. The summed E-state index contributed by atoms with van der Waals surface area (Å²) in [4.78, 5) is 12.3. The minimum Gasteiger partial charge on any atom is -0.506 e. The Hall–Kier alpha value is -2.23. The predicted molar refractivity (Wildman–Crippen MR) is 92.5 cm³/mol. The van der Waals surface area contributed by atoms with Gasteiger partial charge in [0.1, 0.15) is 18.1 Å². The van der Waals surface area contributed by atoms with Gasteiger partial charge in [-0.2, -0.15) is 0 Å². The van der Waals surface area contributed by atoms with Crippen molar-refractivity contribution in [3.63, 3.8) is 0 Å². The van der Waals surface area contributed by atoms with Crippen LogP contribution in [0.3, 0.4) is 0 Å². The van der Waals surface area contributed by atoms with Crippen molar-refractivity contribution >= 4 is 41.1 Å². The Morgan fingerprint density at radius 3 is 2.83 bits per heavy atom. The third-order valence-corrected chi connectivity index (χ3v) is 4.00. The third-order valence-electron chi connectivity index (χ3n) is 3.44. The van der Waals surface area contributed by atoms with Crippen LogP contribution < -0.4 is 4.74 Å². The van der Waals surface area contributed by atoms with Gasteiger partial charge in [-0.1, -0.05) is 29.3 Å². The van der Waals surface area contributed by atoms with Crippen molar-refractivity contribution in [2.75, 3.05) is 6.61 Å². The van der Waals surface area contributed by atoms with Gasteiger partial charge in [-0.25, -0.2) is 0 Å². The van der Waals surface area contributed by atoms with Crippen LogP contribution >= 0.6 is 23.2 Å². The van der Waals surface area contributed by atoms with Crippen molar-refractivity contribution in [2.24, 2.45) is 0 Å². The number of benzene rings is 2.